The van der Waals surface area contributed by atoms with Crippen LogP contribution in [-0.2, 0) is 16.0 Å². The maximum absolute atomic E-state index is 14.1. The van der Waals surface area contributed by atoms with Gasteiger partial charge in [0.2, 0.25) is 11.8 Å². The SMILES string of the molecule is Cc1ncsc1-c1ccc2c(c1)CCCC[C@H]2NC(=O)[C@@H]1C[C@@H](O)CN1C(=O)C(n1cc(C2CC2)nn1)C(C)(C)C. The Kier molecular flexibility index (Phi) is 7.48. The summed E-state index contributed by atoms with van der Waals surface area (Å²) in [5, 5.41) is 22.6. The molecule has 10 heteroatoms. The van der Waals surface area contributed by atoms with Gasteiger partial charge in [-0.25, -0.2) is 9.67 Å². The fraction of sp³-hybridized carbons (Fsp3) is 0.581. The number of carbonyl (C=O) groups is 2. The van der Waals surface area contributed by atoms with Crippen molar-refractivity contribution in [1.29, 1.82) is 0 Å². The molecule has 3 aromatic rings. The van der Waals surface area contributed by atoms with E-state index in [2.05, 4.69) is 38.8 Å². The Bertz CT molecular complexity index is 1440. The van der Waals surface area contributed by atoms with Crippen molar-refractivity contribution in [1.82, 2.24) is 30.2 Å². The average molecular weight is 577 g/mol. The summed E-state index contributed by atoms with van der Waals surface area (Å²) in [7, 11) is 0. The summed E-state index contributed by atoms with van der Waals surface area (Å²) < 4.78 is 1.67. The molecule has 2 aromatic heterocycles. The molecule has 2 fully saturated rings. The van der Waals surface area contributed by atoms with Crippen LogP contribution in [-0.4, -0.2) is 60.5 Å². The molecule has 2 aliphatic carbocycles. The van der Waals surface area contributed by atoms with Crippen molar-refractivity contribution in [2.24, 2.45) is 5.41 Å². The number of nitrogens with one attached hydrogen (secondary N) is 1. The number of aryl methyl sites for hydroxylation is 2. The lowest BCUT2D eigenvalue weighted by atomic mass is 9.85. The van der Waals surface area contributed by atoms with E-state index in [1.807, 2.05) is 39.4 Å². The summed E-state index contributed by atoms with van der Waals surface area (Å²) in [5.74, 6) is 0.0171. The van der Waals surface area contributed by atoms with Crippen LogP contribution in [0.1, 0.15) is 99.8 Å². The number of aromatic nitrogens is 4. The first-order valence-corrected chi connectivity index (χ1v) is 15.7. The van der Waals surface area contributed by atoms with Gasteiger partial charge in [0, 0.05) is 25.1 Å². The van der Waals surface area contributed by atoms with Gasteiger partial charge in [0.25, 0.3) is 0 Å². The second-order valence-corrected chi connectivity index (χ2v) is 13.9. The van der Waals surface area contributed by atoms with Crippen LogP contribution in [0, 0.1) is 12.3 Å². The maximum atomic E-state index is 14.1. The molecule has 6 rings (SSSR count). The van der Waals surface area contributed by atoms with Crippen LogP contribution in [0.5, 0.6) is 0 Å². The number of likely N-dealkylation sites (tertiary alicyclic amines) is 1. The average Bonchev–Trinajstić information content (AvgIpc) is 3.37. The topological polar surface area (TPSA) is 113 Å². The highest BCUT2D eigenvalue weighted by molar-refractivity contribution is 7.13. The number of aliphatic hydroxyl groups excluding tert-OH is 1. The van der Waals surface area contributed by atoms with Gasteiger partial charge >= 0.3 is 0 Å². The Labute approximate surface area is 245 Å². The van der Waals surface area contributed by atoms with E-state index < -0.39 is 23.6 Å². The van der Waals surface area contributed by atoms with Crippen LogP contribution in [0.2, 0.25) is 0 Å². The van der Waals surface area contributed by atoms with Gasteiger partial charge in [-0.3, -0.25) is 9.59 Å². The number of thiazole rings is 1. The van der Waals surface area contributed by atoms with Crippen LogP contribution in [0.25, 0.3) is 10.4 Å². The summed E-state index contributed by atoms with van der Waals surface area (Å²) in [6.45, 7) is 8.16. The van der Waals surface area contributed by atoms with E-state index in [0.29, 0.717) is 5.92 Å². The number of aliphatic hydroxyl groups is 1. The molecular weight excluding hydrogens is 536 g/mol. The summed E-state index contributed by atoms with van der Waals surface area (Å²) >= 11 is 1.65. The lowest BCUT2D eigenvalue weighted by molar-refractivity contribution is -0.144. The van der Waals surface area contributed by atoms with Crippen molar-refractivity contribution in [3.63, 3.8) is 0 Å². The molecule has 9 nitrogen and oxygen atoms in total. The van der Waals surface area contributed by atoms with Gasteiger partial charge in [0.1, 0.15) is 12.1 Å². The fourth-order valence-corrected chi connectivity index (χ4v) is 7.25. The first kappa shape index (κ1) is 28.0. The van der Waals surface area contributed by atoms with Crippen molar-refractivity contribution < 1.29 is 14.7 Å². The van der Waals surface area contributed by atoms with E-state index in [9.17, 15) is 14.7 Å². The van der Waals surface area contributed by atoms with Crippen molar-refractivity contribution >= 4 is 23.2 Å². The highest BCUT2D eigenvalue weighted by Gasteiger charge is 2.46. The predicted octanol–water partition coefficient (Wildman–Crippen LogP) is 4.72. The van der Waals surface area contributed by atoms with Gasteiger partial charge in [0.15, 0.2) is 0 Å². The Morgan fingerprint density at radius 3 is 2.68 bits per heavy atom. The van der Waals surface area contributed by atoms with Gasteiger partial charge in [-0.15, -0.1) is 16.4 Å². The van der Waals surface area contributed by atoms with Crippen LogP contribution in [0.4, 0.5) is 0 Å². The highest BCUT2D eigenvalue weighted by Crippen LogP contribution is 2.41. The van der Waals surface area contributed by atoms with E-state index in [-0.39, 0.29) is 30.8 Å². The molecule has 3 heterocycles. The molecule has 1 aromatic carbocycles. The maximum Gasteiger partial charge on any atom is 0.248 e. The Morgan fingerprint density at radius 2 is 1.98 bits per heavy atom. The monoisotopic (exact) mass is 576 g/mol. The summed E-state index contributed by atoms with van der Waals surface area (Å²) in [4.78, 5) is 35.1. The van der Waals surface area contributed by atoms with E-state index in [4.69, 9.17) is 0 Å². The molecule has 0 radical (unpaired) electrons. The van der Waals surface area contributed by atoms with E-state index >= 15 is 0 Å². The van der Waals surface area contributed by atoms with Gasteiger partial charge in [-0.1, -0.05) is 44.5 Å². The first-order valence-electron chi connectivity index (χ1n) is 14.8. The molecule has 41 heavy (non-hydrogen) atoms. The minimum atomic E-state index is -0.750. The molecule has 0 spiro atoms. The molecular formula is C31H40N6O3S. The standard InChI is InChI=1S/C31H40N6O3S/c1-18-27(41-17-32-18)21-11-12-23-20(13-21)7-5-6-8-24(23)33-29(39)26-14-22(38)15-36(26)30(40)28(31(2,3)4)37-16-25(34-35-37)19-9-10-19/h11-13,16-17,19,22,24,26,28,38H,5-10,14-15H2,1-4H3,(H,33,39)/t22-,24-,26+,28?/m1/s1. The number of hydrogen-bond acceptors (Lipinski definition) is 7. The molecule has 218 valence electrons. The van der Waals surface area contributed by atoms with Gasteiger partial charge in [-0.2, -0.15) is 0 Å². The van der Waals surface area contributed by atoms with Gasteiger partial charge in [-0.05, 0) is 67.2 Å². The number of carbonyl (C=O) groups excluding carboxylic acids is 2. The van der Waals surface area contributed by atoms with Gasteiger partial charge in [0.05, 0.1) is 33.9 Å². The third-order valence-corrected chi connectivity index (χ3v) is 9.72. The largest absolute Gasteiger partial charge is 0.391 e. The van der Waals surface area contributed by atoms with E-state index in [0.717, 1.165) is 61.0 Å². The number of nitrogens with zero attached hydrogens (tertiary/aromatic N) is 5. The quantitative estimate of drug-likeness (QED) is 0.411. The minimum absolute atomic E-state index is 0.131. The molecule has 4 atom stereocenters. The lowest BCUT2D eigenvalue weighted by Crippen LogP contribution is -2.50. The second kappa shape index (κ2) is 10.9. The van der Waals surface area contributed by atoms with Crippen molar-refractivity contribution in [3.8, 4) is 10.4 Å². The van der Waals surface area contributed by atoms with Crippen LogP contribution in [0.3, 0.4) is 0 Å². The second-order valence-electron chi connectivity index (χ2n) is 13.0. The number of fused-ring (bicyclic) bond motifs is 1. The van der Waals surface area contributed by atoms with Crippen molar-refractivity contribution in [2.45, 2.75) is 103 Å². The summed E-state index contributed by atoms with van der Waals surface area (Å²) in [5.41, 5.74) is 6.92. The molecule has 1 saturated heterocycles. The molecule has 1 saturated carbocycles. The fourth-order valence-electron chi connectivity index (χ4n) is 6.45. The molecule has 0 bridgehead atoms. The Morgan fingerprint density at radius 1 is 1.17 bits per heavy atom. The number of rotatable bonds is 6. The number of benzene rings is 1. The molecule has 2 N–H and O–H groups in total. The highest BCUT2D eigenvalue weighted by atomic mass is 32.1. The number of hydrogen-bond donors (Lipinski definition) is 2. The summed E-state index contributed by atoms with van der Waals surface area (Å²) in [6, 6.07) is 5.01. The smallest absolute Gasteiger partial charge is 0.248 e. The first-order chi connectivity index (χ1) is 19.6. The van der Waals surface area contributed by atoms with Crippen molar-refractivity contribution in [2.75, 3.05) is 6.54 Å². The third kappa shape index (κ3) is 5.68. The van der Waals surface area contributed by atoms with Crippen LogP contribution in [0.15, 0.2) is 29.9 Å². The van der Waals surface area contributed by atoms with Crippen molar-refractivity contribution in [3.05, 3.63) is 52.4 Å². The third-order valence-electron chi connectivity index (χ3n) is 8.74. The molecule has 1 aliphatic heterocycles. The van der Waals surface area contributed by atoms with E-state index in [1.165, 1.54) is 10.4 Å². The minimum Gasteiger partial charge on any atom is -0.391 e. The normalized spacial score (nSPS) is 23.6. The molecule has 1 unspecified atom stereocenters. The number of amides is 2. The lowest BCUT2D eigenvalue weighted by Gasteiger charge is -2.35. The zero-order valence-corrected chi connectivity index (χ0v) is 25.2. The van der Waals surface area contributed by atoms with Crippen LogP contribution >= 0.6 is 11.3 Å². The van der Waals surface area contributed by atoms with Gasteiger partial charge < -0.3 is 15.3 Å². The van der Waals surface area contributed by atoms with E-state index in [1.54, 1.807) is 20.9 Å². The number of β-amino-alcohol motifs (C(OH)–C–C–N with tert-alkyl or cyclic N) is 1. The zero-order valence-electron chi connectivity index (χ0n) is 24.3. The Hall–Kier alpha value is -3.11. The molecule has 2 amide bonds. The Balaban J connectivity index is 1.23. The summed E-state index contributed by atoms with van der Waals surface area (Å²) in [6.07, 6.45) is 7.44. The zero-order chi connectivity index (χ0) is 28.9. The van der Waals surface area contributed by atoms with Crippen LogP contribution < -0.4 is 5.32 Å². The predicted molar refractivity (Wildman–Crippen MR) is 157 cm³/mol. The molecule has 3 aliphatic rings.